The molecule has 7 heteroatoms. The van der Waals surface area contributed by atoms with Gasteiger partial charge in [-0.05, 0) is 40.2 Å². The van der Waals surface area contributed by atoms with Crippen LogP contribution in [0.2, 0.25) is 5.02 Å². The molecule has 0 radical (unpaired) electrons. The van der Waals surface area contributed by atoms with Gasteiger partial charge >= 0.3 is 0 Å². The highest BCUT2D eigenvalue weighted by Gasteiger charge is 2.16. The first-order valence-corrected chi connectivity index (χ1v) is 6.22. The highest BCUT2D eigenvalue weighted by molar-refractivity contribution is 9.10. The largest absolute Gasteiger partial charge is 0.322 e. The third-order valence-electron chi connectivity index (χ3n) is 2.27. The Hall–Kier alpha value is -1.53. The fraction of sp³-hybridized carbons (Fsp3) is 0. The second-order valence-electron chi connectivity index (χ2n) is 3.55. The number of hydrogen-bond acceptors (Lipinski definition) is 2. The van der Waals surface area contributed by atoms with Gasteiger partial charge in [-0.1, -0.05) is 11.6 Å². The molecule has 0 fully saturated rings. The van der Waals surface area contributed by atoms with Crippen molar-refractivity contribution in [2.24, 2.45) is 0 Å². The molecule has 1 aromatic carbocycles. The van der Waals surface area contributed by atoms with E-state index in [1.54, 1.807) is 18.2 Å². The molecular weight excluding hydrogens is 341 g/mol. The molecule has 0 unspecified atom stereocenters. The smallest absolute Gasteiger partial charge is 0.258 e. The number of carbonyl (C=O) groups is 1. The number of hydrogen-bond donors (Lipinski definition) is 1. The lowest BCUT2D eigenvalue weighted by Crippen LogP contribution is -2.15. The number of nitrogens with one attached hydrogen (secondary N) is 1. The van der Waals surface area contributed by atoms with Gasteiger partial charge in [-0.3, -0.25) is 4.79 Å². The Morgan fingerprint density at radius 2 is 2.05 bits per heavy atom. The molecule has 3 nitrogen and oxygen atoms in total. The summed E-state index contributed by atoms with van der Waals surface area (Å²) < 4.78 is 26.9. The van der Waals surface area contributed by atoms with Crippen LogP contribution >= 0.6 is 27.5 Å². The topological polar surface area (TPSA) is 42.0 Å². The summed E-state index contributed by atoms with van der Waals surface area (Å²) >= 11 is 8.99. The van der Waals surface area contributed by atoms with Crippen LogP contribution in [0.3, 0.4) is 0 Å². The number of pyridine rings is 1. The maximum absolute atomic E-state index is 13.4. The molecule has 1 heterocycles. The van der Waals surface area contributed by atoms with Crippen LogP contribution in [-0.2, 0) is 0 Å². The van der Waals surface area contributed by atoms with E-state index in [-0.39, 0.29) is 0 Å². The molecule has 2 aromatic rings. The molecular formula is C12H6BrClF2N2O. The summed E-state index contributed by atoms with van der Waals surface area (Å²) in [6, 6.07) is 5.75. The molecule has 0 bridgehead atoms. The average molecular weight is 348 g/mol. The van der Waals surface area contributed by atoms with Crippen LogP contribution in [0, 0.1) is 11.8 Å². The van der Waals surface area contributed by atoms with E-state index in [9.17, 15) is 13.6 Å². The molecule has 0 aliphatic heterocycles. The highest BCUT2D eigenvalue weighted by Crippen LogP contribution is 2.26. The Balaban J connectivity index is 2.26. The number of halogens is 4. The molecule has 0 spiro atoms. The van der Waals surface area contributed by atoms with Crippen molar-refractivity contribution in [3.05, 3.63) is 57.3 Å². The number of carbonyl (C=O) groups excluding carboxylic acids is 1. The summed E-state index contributed by atoms with van der Waals surface area (Å²) in [6.45, 7) is 0. The summed E-state index contributed by atoms with van der Waals surface area (Å²) in [7, 11) is 0. The molecule has 1 aromatic heterocycles. The highest BCUT2D eigenvalue weighted by atomic mass is 79.9. The van der Waals surface area contributed by atoms with E-state index >= 15 is 0 Å². The van der Waals surface area contributed by atoms with Crippen molar-refractivity contribution >= 4 is 39.1 Å². The van der Waals surface area contributed by atoms with Crippen molar-refractivity contribution in [3.8, 4) is 0 Å². The molecule has 0 aliphatic rings. The van der Waals surface area contributed by atoms with Gasteiger partial charge in [0.05, 0.1) is 10.6 Å². The molecule has 98 valence electrons. The standard InChI is InChI=1S/C12H6BrClF2N2O/c13-8-5-6(1-2-9(8)14)18-12(19)7-3-4-17-11(16)10(7)15/h1-5H,(H,18,19). The van der Waals surface area contributed by atoms with Crippen molar-refractivity contribution in [3.63, 3.8) is 0 Å². The number of anilines is 1. The average Bonchev–Trinajstić information content (AvgIpc) is 2.37. The fourth-order valence-corrected chi connectivity index (χ4v) is 1.86. The number of rotatable bonds is 2. The molecule has 1 amide bonds. The van der Waals surface area contributed by atoms with Crippen LogP contribution in [0.25, 0.3) is 0 Å². The Kier molecular flexibility index (Phi) is 4.11. The van der Waals surface area contributed by atoms with Gasteiger partial charge in [0.1, 0.15) is 0 Å². The van der Waals surface area contributed by atoms with Crippen molar-refractivity contribution in [2.45, 2.75) is 0 Å². The number of benzene rings is 1. The van der Waals surface area contributed by atoms with E-state index in [0.29, 0.717) is 15.2 Å². The molecule has 0 aliphatic carbocycles. The van der Waals surface area contributed by atoms with Crippen LogP contribution < -0.4 is 5.32 Å². The van der Waals surface area contributed by atoms with Crippen LogP contribution in [0.1, 0.15) is 10.4 Å². The minimum absolute atomic E-state index is 0.401. The van der Waals surface area contributed by atoms with E-state index in [2.05, 4.69) is 26.2 Å². The first-order valence-electron chi connectivity index (χ1n) is 5.05. The van der Waals surface area contributed by atoms with Crippen LogP contribution in [0.5, 0.6) is 0 Å². The zero-order chi connectivity index (χ0) is 14.0. The Labute approximate surface area is 120 Å². The van der Waals surface area contributed by atoms with Crippen LogP contribution in [-0.4, -0.2) is 10.9 Å². The quantitative estimate of drug-likeness (QED) is 0.834. The number of amides is 1. The maximum Gasteiger partial charge on any atom is 0.258 e. The monoisotopic (exact) mass is 346 g/mol. The predicted octanol–water partition coefficient (Wildman–Crippen LogP) is 4.03. The van der Waals surface area contributed by atoms with Gasteiger partial charge in [-0.15, -0.1) is 0 Å². The first kappa shape index (κ1) is 13.9. The lowest BCUT2D eigenvalue weighted by molar-refractivity contribution is 0.102. The number of nitrogens with zero attached hydrogens (tertiary/aromatic N) is 1. The van der Waals surface area contributed by atoms with Crippen molar-refractivity contribution in [1.29, 1.82) is 0 Å². The van der Waals surface area contributed by atoms with Gasteiger partial charge < -0.3 is 5.32 Å². The van der Waals surface area contributed by atoms with Gasteiger partial charge in [0.25, 0.3) is 5.91 Å². The summed E-state index contributed by atoms with van der Waals surface area (Å²) in [5, 5.41) is 2.90. The molecule has 0 saturated carbocycles. The van der Waals surface area contributed by atoms with Crippen molar-refractivity contribution in [1.82, 2.24) is 4.98 Å². The Morgan fingerprint density at radius 3 is 2.74 bits per heavy atom. The van der Waals surface area contributed by atoms with E-state index in [0.717, 1.165) is 12.3 Å². The van der Waals surface area contributed by atoms with Gasteiger partial charge in [0.2, 0.25) is 5.95 Å². The van der Waals surface area contributed by atoms with Gasteiger partial charge in [-0.25, -0.2) is 9.37 Å². The lowest BCUT2D eigenvalue weighted by atomic mass is 10.2. The summed E-state index contributed by atoms with van der Waals surface area (Å²) in [6.07, 6.45) is 1.02. The zero-order valence-electron chi connectivity index (χ0n) is 9.25. The number of aromatic nitrogens is 1. The van der Waals surface area contributed by atoms with E-state index in [4.69, 9.17) is 11.6 Å². The normalized spacial score (nSPS) is 10.3. The molecule has 19 heavy (non-hydrogen) atoms. The fourth-order valence-electron chi connectivity index (χ4n) is 1.37. The molecule has 0 saturated heterocycles. The third-order valence-corrected chi connectivity index (χ3v) is 3.48. The van der Waals surface area contributed by atoms with Gasteiger partial charge in [0.15, 0.2) is 5.82 Å². The lowest BCUT2D eigenvalue weighted by Gasteiger charge is -2.07. The van der Waals surface area contributed by atoms with Gasteiger partial charge in [0, 0.05) is 16.4 Å². The van der Waals surface area contributed by atoms with Crippen LogP contribution in [0.4, 0.5) is 14.5 Å². The third kappa shape index (κ3) is 3.08. The molecule has 0 atom stereocenters. The zero-order valence-corrected chi connectivity index (χ0v) is 11.6. The van der Waals surface area contributed by atoms with Crippen molar-refractivity contribution < 1.29 is 13.6 Å². The molecule has 2 rings (SSSR count). The van der Waals surface area contributed by atoms with E-state index in [1.807, 2.05) is 0 Å². The second kappa shape index (κ2) is 5.63. The summed E-state index contributed by atoms with van der Waals surface area (Å²) in [4.78, 5) is 14.9. The minimum atomic E-state index is -1.31. The first-order chi connectivity index (χ1) is 8.99. The molecule has 1 N–H and O–H groups in total. The Bertz CT molecular complexity index is 652. The predicted molar refractivity (Wildman–Crippen MR) is 71.3 cm³/mol. The van der Waals surface area contributed by atoms with Gasteiger partial charge in [-0.2, -0.15) is 4.39 Å². The van der Waals surface area contributed by atoms with E-state index in [1.165, 1.54) is 0 Å². The Morgan fingerprint density at radius 1 is 1.32 bits per heavy atom. The SMILES string of the molecule is O=C(Nc1ccc(Cl)c(Br)c1)c1ccnc(F)c1F. The second-order valence-corrected chi connectivity index (χ2v) is 4.81. The minimum Gasteiger partial charge on any atom is -0.322 e. The van der Waals surface area contributed by atoms with Crippen molar-refractivity contribution in [2.75, 3.05) is 5.32 Å². The summed E-state index contributed by atoms with van der Waals surface area (Å²) in [5.41, 5.74) is -0.0172. The summed E-state index contributed by atoms with van der Waals surface area (Å²) in [5.74, 6) is -3.37. The van der Waals surface area contributed by atoms with Crippen LogP contribution in [0.15, 0.2) is 34.9 Å². The maximum atomic E-state index is 13.4. The van der Waals surface area contributed by atoms with E-state index < -0.39 is 23.2 Å².